The number of hydrogen-bond acceptors (Lipinski definition) is 2. The molecule has 0 aliphatic rings. The SMILES string of the molecule is CCCCCCCCCCCCCCCCCCCCC(CCCCCCCCCCC)CN=O. The van der Waals surface area contributed by atoms with Gasteiger partial charge in [-0.25, -0.2) is 0 Å². The summed E-state index contributed by atoms with van der Waals surface area (Å²) >= 11 is 0. The monoisotopic (exact) mass is 494 g/mol. The van der Waals surface area contributed by atoms with Gasteiger partial charge < -0.3 is 0 Å². The molecule has 0 aromatic carbocycles. The summed E-state index contributed by atoms with van der Waals surface area (Å²) in [4.78, 5) is 10.8. The van der Waals surface area contributed by atoms with Gasteiger partial charge in [0.05, 0.1) is 6.54 Å². The van der Waals surface area contributed by atoms with Crippen LogP contribution >= 0.6 is 0 Å². The summed E-state index contributed by atoms with van der Waals surface area (Å²) in [7, 11) is 0. The van der Waals surface area contributed by atoms with Crippen molar-refractivity contribution >= 4 is 0 Å². The molecule has 0 spiro atoms. The van der Waals surface area contributed by atoms with Gasteiger partial charge in [-0.05, 0) is 18.8 Å². The molecule has 0 aliphatic heterocycles. The highest BCUT2D eigenvalue weighted by Crippen LogP contribution is 2.20. The minimum atomic E-state index is 0.552. The minimum absolute atomic E-state index is 0.552. The van der Waals surface area contributed by atoms with Gasteiger partial charge in [0, 0.05) is 0 Å². The zero-order chi connectivity index (χ0) is 25.5. The molecule has 0 rings (SSSR count). The van der Waals surface area contributed by atoms with E-state index in [4.69, 9.17) is 0 Å². The third-order valence-electron chi connectivity index (χ3n) is 8.01. The Balaban J connectivity index is 3.33. The lowest BCUT2D eigenvalue weighted by Gasteiger charge is -2.13. The second-order valence-corrected chi connectivity index (χ2v) is 11.6. The van der Waals surface area contributed by atoms with Crippen LogP contribution in [0.4, 0.5) is 0 Å². The van der Waals surface area contributed by atoms with Crippen LogP contribution < -0.4 is 0 Å². The predicted molar refractivity (Wildman–Crippen MR) is 159 cm³/mol. The van der Waals surface area contributed by atoms with Crippen molar-refractivity contribution in [3.05, 3.63) is 4.91 Å². The summed E-state index contributed by atoms with van der Waals surface area (Å²) in [6, 6.07) is 0. The van der Waals surface area contributed by atoms with Crippen molar-refractivity contribution in [1.82, 2.24) is 0 Å². The Morgan fingerprint density at radius 2 is 0.600 bits per heavy atom. The van der Waals surface area contributed by atoms with E-state index >= 15 is 0 Å². The van der Waals surface area contributed by atoms with Crippen molar-refractivity contribution in [3.8, 4) is 0 Å². The number of nitrogens with zero attached hydrogens (tertiary/aromatic N) is 1. The third-order valence-corrected chi connectivity index (χ3v) is 8.01. The third kappa shape index (κ3) is 29.7. The summed E-state index contributed by atoms with van der Waals surface area (Å²) in [5.41, 5.74) is 0. The van der Waals surface area contributed by atoms with E-state index in [2.05, 4.69) is 19.0 Å². The van der Waals surface area contributed by atoms with Gasteiger partial charge in [-0.1, -0.05) is 192 Å². The number of nitroso groups, excluding NO2 is 1. The Kier molecular flexibility index (Phi) is 31.3. The number of rotatable bonds is 31. The van der Waals surface area contributed by atoms with Gasteiger partial charge in [0.1, 0.15) is 0 Å². The lowest BCUT2D eigenvalue weighted by Crippen LogP contribution is -2.04. The van der Waals surface area contributed by atoms with Crippen LogP contribution in [0.15, 0.2) is 5.18 Å². The average Bonchev–Trinajstić information content (AvgIpc) is 2.86. The van der Waals surface area contributed by atoms with E-state index in [0.29, 0.717) is 12.5 Å². The van der Waals surface area contributed by atoms with Crippen molar-refractivity contribution in [3.63, 3.8) is 0 Å². The first-order valence-corrected chi connectivity index (χ1v) is 16.6. The normalized spacial score (nSPS) is 12.3. The molecule has 1 atom stereocenters. The molecule has 0 N–H and O–H groups in total. The average molecular weight is 494 g/mol. The maximum atomic E-state index is 10.8. The Labute approximate surface area is 222 Å². The quantitative estimate of drug-likeness (QED) is 0.0697. The van der Waals surface area contributed by atoms with Gasteiger partial charge in [-0.3, -0.25) is 0 Å². The number of hydrogen-bond donors (Lipinski definition) is 0. The first kappa shape index (κ1) is 34.6. The molecule has 0 fully saturated rings. The lowest BCUT2D eigenvalue weighted by atomic mass is 9.94. The van der Waals surface area contributed by atoms with Crippen LogP contribution in [-0.4, -0.2) is 6.54 Å². The maximum Gasteiger partial charge on any atom is 0.0839 e. The molecular weight excluding hydrogens is 426 g/mol. The molecule has 0 amide bonds. The molecule has 0 bridgehead atoms. The topological polar surface area (TPSA) is 29.4 Å². The highest BCUT2D eigenvalue weighted by molar-refractivity contribution is 4.63. The molecular formula is C33H67NO. The summed E-state index contributed by atoms with van der Waals surface area (Å²) in [5, 5.41) is 3.24. The molecule has 0 saturated carbocycles. The van der Waals surface area contributed by atoms with Gasteiger partial charge >= 0.3 is 0 Å². The van der Waals surface area contributed by atoms with Gasteiger partial charge in [-0.15, -0.1) is 0 Å². The van der Waals surface area contributed by atoms with Crippen LogP contribution in [0.25, 0.3) is 0 Å². The van der Waals surface area contributed by atoms with E-state index in [1.54, 1.807) is 0 Å². The molecule has 1 unspecified atom stereocenters. The van der Waals surface area contributed by atoms with E-state index in [0.717, 1.165) is 0 Å². The van der Waals surface area contributed by atoms with Gasteiger partial charge in [0.15, 0.2) is 0 Å². The van der Waals surface area contributed by atoms with Gasteiger partial charge in [0.25, 0.3) is 0 Å². The first-order valence-electron chi connectivity index (χ1n) is 16.6. The maximum absolute atomic E-state index is 10.8. The Hall–Kier alpha value is -0.400. The summed E-state index contributed by atoms with van der Waals surface area (Å²) in [6.07, 6.45) is 40.6. The smallest absolute Gasteiger partial charge is 0.0839 e. The van der Waals surface area contributed by atoms with Crippen molar-refractivity contribution < 1.29 is 0 Å². The highest BCUT2D eigenvalue weighted by atomic mass is 16.3. The highest BCUT2D eigenvalue weighted by Gasteiger charge is 2.08. The molecule has 0 saturated heterocycles. The Morgan fingerprint density at radius 3 is 0.829 bits per heavy atom. The molecule has 2 heteroatoms. The predicted octanol–water partition coefficient (Wildman–Crippen LogP) is 12.7. The minimum Gasteiger partial charge on any atom is -0.151 e. The van der Waals surface area contributed by atoms with Crippen LogP contribution in [0.1, 0.15) is 200 Å². The summed E-state index contributed by atoms with van der Waals surface area (Å²) in [6.45, 7) is 5.13. The fraction of sp³-hybridized carbons (Fsp3) is 1.00. The molecule has 2 nitrogen and oxygen atoms in total. The van der Waals surface area contributed by atoms with E-state index in [-0.39, 0.29) is 0 Å². The van der Waals surface area contributed by atoms with E-state index in [9.17, 15) is 4.91 Å². The standard InChI is InChI=1S/C33H67NO/c1-3-5-7-9-11-13-14-15-16-17-18-19-20-21-23-25-27-29-31-33(32-34-35)30-28-26-24-22-12-10-8-6-4-2/h33H,3-32H2,1-2H3. The van der Waals surface area contributed by atoms with Crippen LogP contribution in [0, 0.1) is 10.8 Å². The summed E-state index contributed by atoms with van der Waals surface area (Å²) < 4.78 is 0. The molecule has 0 radical (unpaired) electrons. The lowest BCUT2D eigenvalue weighted by molar-refractivity contribution is 0.409. The zero-order valence-corrected chi connectivity index (χ0v) is 24.6. The van der Waals surface area contributed by atoms with Gasteiger partial charge in [-0.2, -0.15) is 4.91 Å². The Bertz CT molecular complexity index is 383. The van der Waals surface area contributed by atoms with Crippen molar-refractivity contribution in [2.75, 3.05) is 6.54 Å². The summed E-state index contributed by atoms with van der Waals surface area (Å²) in [5.74, 6) is 0.554. The van der Waals surface area contributed by atoms with Crippen LogP contribution in [0.2, 0.25) is 0 Å². The molecule has 0 heterocycles. The van der Waals surface area contributed by atoms with Gasteiger partial charge in [0.2, 0.25) is 0 Å². The molecule has 0 aliphatic carbocycles. The fourth-order valence-corrected chi connectivity index (χ4v) is 5.51. The van der Waals surface area contributed by atoms with E-state index in [1.165, 1.54) is 186 Å². The van der Waals surface area contributed by atoms with E-state index in [1.807, 2.05) is 0 Å². The van der Waals surface area contributed by atoms with Crippen molar-refractivity contribution in [2.24, 2.45) is 11.1 Å². The first-order chi connectivity index (χ1) is 17.3. The Morgan fingerprint density at radius 1 is 0.371 bits per heavy atom. The van der Waals surface area contributed by atoms with Crippen LogP contribution in [-0.2, 0) is 0 Å². The second-order valence-electron chi connectivity index (χ2n) is 11.6. The zero-order valence-electron chi connectivity index (χ0n) is 24.6. The molecule has 35 heavy (non-hydrogen) atoms. The molecule has 0 aromatic heterocycles. The molecule has 210 valence electrons. The van der Waals surface area contributed by atoms with Crippen molar-refractivity contribution in [1.29, 1.82) is 0 Å². The van der Waals surface area contributed by atoms with Crippen LogP contribution in [0.3, 0.4) is 0 Å². The van der Waals surface area contributed by atoms with Crippen molar-refractivity contribution in [2.45, 2.75) is 200 Å². The largest absolute Gasteiger partial charge is 0.151 e. The fourth-order valence-electron chi connectivity index (χ4n) is 5.51. The number of unbranched alkanes of at least 4 members (excludes halogenated alkanes) is 25. The van der Waals surface area contributed by atoms with E-state index < -0.39 is 0 Å². The second kappa shape index (κ2) is 31.6. The van der Waals surface area contributed by atoms with Crippen LogP contribution in [0.5, 0.6) is 0 Å². The molecule has 0 aromatic rings.